The highest BCUT2D eigenvalue weighted by molar-refractivity contribution is 7.20. The first-order valence-electron chi connectivity index (χ1n) is 9.72. The lowest BCUT2D eigenvalue weighted by Gasteiger charge is -2.56. The van der Waals surface area contributed by atoms with Gasteiger partial charge < -0.3 is 5.32 Å². The third kappa shape index (κ3) is 2.59. The molecule has 3 aliphatic heterocycles. The normalized spacial score (nSPS) is 29.9. The van der Waals surface area contributed by atoms with Crippen LogP contribution in [-0.2, 0) is 0 Å². The zero-order chi connectivity index (χ0) is 18.1. The summed E-state index contributed by atoms with van der Waals surface area (Å²) in [5.41, 5.74) is 0.823. The molecular weight excluding hydrogens is 347 g/mol. The lowest BCUT2D eigenvalue weighted by molar-refractivity contribution is -0.0377. The van der Waals surface area contributed by atoms with E-state index in [4.69, 9.17) is 0 Å². The Hall–Kier alpha value is -1.46. The highest BCUT2D eigenvalue weighted by atomic mass is 32.1. The molecule has 2 bridgehead atoms. The Morgan fingerprint density at radius 2 is 1.92 bits per heavy atom. The van der Waals surface area contributed by atoms with Crippen LogP contribution in [0.4, 0.5) is 4.39 Å². The van der Waals surface area contributed by atoms with E-state index in [1.54, 1.807) is 6.07 Å². The fourth-order valence-corrected chi connectivity index (χ4v) is 5.98. The van der Waals surface area contributed by atoms with Gasteiger partial charge in [0.05, 0.1) is 4.88 Å². The zero-order valence-corrected chi connectivity index (χ0v) is 16.2. The van der Waals surface area contributed by atoms with Crippen LogP contribution in [0.1, 0.15) is 60.7 Å². The lowest BCUT2D eigenvalue weighted by atomic mass is 9.72. The number of piperidine rings is 3. The summed E-state index contributed by atoms with van der Waals surface area (Å²) in [5, 5.41) is 4.16. The first kappa shape index (κ1) is 16.7. The molecule has 1 saturated carbocycles. The Morgan fingerprint density at radius 3 is 2.58 bits per heavy atom. The maximum absolute atomic E-state index is 14.3. The van der Waals surface area contributed by atoms with Crippen molar-refractivity contribution in [2.45, 2.75) is 57.0 Å². The van der Waals surface area contributed by atoms with Crippen molar-refractivity contribution in [2.24, 2.45) is 5.92 Å². The second kappa shape index (κ2) is 5.77. The molecule has 2 aromatic rings. The summed E-state index contributed by atoms with van der Waals surface area (Å²) < 4.78 is 15.3. The van der Waals surface area contributed by atoms with E-state index in [1.165, 1.54) is 11.3 Å². The van der Waals surface area contributed by atoms with E-state index in [1.807, 2.05) is 12.1 Å². The van der Waals surface area contributed by atoms with Gasteiger partial charge >= 0.3 is 0 Å². The number of nitrogens with zero attached hydrogens (tertiary/aromatic N) is 1. The van der Waals surface area contributed by atoms with Crippen molar-refractivity contribution >= 4 is 27.3 Å². The molecule has 26 heavy (non-hydrogen) atoms. The Bertz CT molecular complexity index is 878. The van der Waals surface area contributed by atoms with Gasteiger partial charge in [0.1, 0.15) is 5.82 Å². The molecule has 6 rings (SSSR count). The second-order valence-electron chi connectivity index (χ2n) is 8.73. The Labute approximate surface area is 157 Å². The number of thiophene rings is 1. The summed E-state index contributed by atoms with van der Waals surface area (Å²) in [4.78, 5) is 16.1. The molecule has 1 aromatic heterocycles. The smallest absolute Gasteiger partial charge is 0.261 e. The summed E-state index contributed by atoms with van der Waals surface area (Å²) in [6, 6.07) is 5.60. The van der Waals surface area contributed by atoms with Crippen LogP contribution in [0, 0.1) is 11.7 Å². The van der Waals surface area contributed by atoms with Crippen LogP contribution in [0.15, 0.2) is 18.2 Å². The van der Waals surface area contributed by atoms with Crippen LogP contribution in [0.5, 0.6) is 0 Å². The van der Waals surface area contributed by atoms with Crippen molar-refractivity contribution in [2.75, 3.05) is 13.1 Å². The van der Waals surface area contributed by atoms with Crippen LogP contribution in [0.25, 0.3) is 10.1 Å². The minimum atomic E-state index is -0.122. The van der Waals surface area contributed by atoms with Gasteiger partial charge in [-0.25, -0.2) is 4.39 Å². The van der Waals surface area contributed by atoms with Crippen LogP contribution < -0.4 is 5.32 Å². The van der Waals surface area contributed by atoms with E-state index in [0.717, 1.165) is 54.4 Å². The topological polar surface area (TPSA) is 32.3 Å². The van der Waals surface area contributed by atoms with E-state index in [-0.39, 0.29) is 23.3 Å². The molecule has 5 heteroatoms. The number of nitrogens with one attached hydrogen (secondary N) is 1. The second-order valence-corrected chi connectivity index (χ2v) is 9.81. The molecule has 4 fully saturated rings. The van der Waals surface area contributed by atoms with Crippen molar-refractivity contribution in [1.29, 1.82) is 0 Å². The monoisotopic (exact) mass is 372 g/mol. The molecule has 3 saturated heterocycles. The number of rotatable bonds is 3. The maximum atomic E-state index is 14.3. The molecule has 4 heterocycles. The van der Waals surface area contributed by atoms with Crippen LogP contribution in [0.2, 0.25) is 0 Å². The molecule has 1 aromatic carbocycles. The number of hydrogen-bond donors (Lipinski definition) is 1. The van der Waals surface area contributed by atoms with Gasteiger partial charge in [-0.2, -0.15) is 0 Å². The number of carbonyl (C=O) groups excluding carboxylic acids is 1. The van der Waals surface area contributed by atoms with Crippen molar-refractivity contribution in [3.8, 4) is 0 Å². The minimum Gasteiger partial charge on any atom is -0.346 e. The molecule has 0 unspecified atom stereocenters. The summed E-state index contributed by atoms with van der Waals surface area (Å²) >= 11 is 1.49. The molecule has 1 N–H and O–H groups in total. The Morgan fingerprint density at radius 1 is 1.19 bits per heavy atom. The maximum Gasteiger partial charge on any atom is 0.261 e. The quantitative estimate of drug-likeness (QED) is 0.859. The summed E-state index contributed by atoms with van der Waals surface area (Å²) in [7, 11) is 0. The molecule has 1 aliphatic carbocycles. The largest absolute Gasteiger partial charge is 0.346 e. The third-order valence-electron chi connectivity index (χ3n) is 6.75. The van der Waals surface area contributed by atoms with E-state index in [9.17, 15) is 9.18 Å². The van der Waals surface area contributed by atoms with Crippen molar-refractivity contribution in [3.05, 3.63) is 34.5 Å². The predicted molar refractivity (Wildman–Crippen MR) is 103 cm³/mol. The van der Waals surface area contributed by atoms with Gasteiger partial charge in [-0.05, 0) is 93.6 Å². The first-order chi connectivity index (χ1) is 12.4. The minimum absolute atomic E-state index is 0.00123. The number of hydrogen-bond acceptors (Lipinski definition) is 3. The zero-order valence-electron chi connectivity index (χ0n) is 15.3. The SMILES string of the molecule is CC1(C)[C@H](NC(=O)c2cc3cc(F)c(C4CC4)cc3s2)C2CCN1CC2. The molecule has 3 nitrogen and oxygen atoms in total. The Kier molecular flexibility index (Phi) is 3.70. The van der Waals surface area contributed by atoms with Crippen LogP contribution in [0.3, 0.4) is 0 Å². The average molecular weight is 373 g/mol. The van der Waals surface area contributed by atoms with Crippen LogP contribution in [-0.4, -0.2) is 35.5 Å². The number of halogens is 1. The van der Waals surface area contributed by atoms with Gasteiger partial charge in [0.25, 0.3) is 5.91 Å². The molecule has 138 valence electrons. The predicted octanol–water partition coefficient (Wildman–Crippen LogP) is 4.52. The standard InChI is InChI=1S/C21H25FN2OS/c1-21(2)19(13-5-7-24(21)8-6-13)23-20(25)18-10-14-9-16(22)15(12-3-4-12)11-17(14)26-18/h9-13,19H,3-8H2,1-2H3,(H,23,25)/t19-/m1/s1. The molecule has 1 amide bonds. The number of amides is 1. The first-order valence-corrected chi connectivity index (χ1v) is 10.5. The van der Waals surface area contributed by atoms with Gasteiger partial charge in [-0.1, -0.05) is 0 Å². The van der Waals surface area contributed by atoms with Gasteiger partial charge in [0.15, 0.2) is 0 Å². The summed E-state index contributed by atoms with van der Waals surface area (Å²) in [5.74, 6) is 0.813. The van der Waals surface area contributed by atoms with Crippen molar-refractivity contribution < 1.29 is 9.18 Å². The van der Waals surface area contributed by atoms with Gasteiger partial charge in [-0.3, -0.25) is 9.69 Å². The summed E-state index contributed by atoms with van der Waals surface area (Å²) in [6.07, 6.45) is 4.49. The van der Waals surface area contributed by atoms with Crippen molar-refractivity contribution in [3.63, 3.8) is 0 Å². The third-order valence-corrected chi connectivity index (χ3v) is 7.85. The molecular formula is C21H25FN2OS. The highest BCUT2D eigenvalue weighted by Crippen LogP contribution is 2.43. The van der Waals surface area contributed by atoms with Crippen molar-refractivity contribution in [1.82, 2.24) is 10.2 Å². The molecule has 1 atom stereocenters. The van der Waals surface area contributed by atoms with Gasteiger partial charge in [0.2, 0.25) is 0 Å². The Balaban J connectivity index is 1.42. The van der Waals surface area contributed by atoms with E-state index >= 15 is 0 Å². The average Bonchev–Trinajstić information content (AvgIpc) is 3.37. The van der Waals surface area contributed by atoms with Gasteiger partial charge in [-0.15, -0.1) is 11.3 Å². The fourth-order valence-electron chi connectivity index (χ4n) is 4.98. The lowest BCUT2D eigenvalue weighted by Crippen LogP contribution is -2.69. The number of carbonyl (C=O) groups is 1. The van der Waals surface area contributed by atoms with E-state index < -0.39 is 0 Å². The van der Waals surface area contributed by atoms with Gasteiger partial charge in [0, 0.05) is 16.3 Å². The molecule has 0 radical (unpaired) electrons. The van der Waals surface area contributed by atoms with E-state index in [2.05, 4.69) is 24.1 Å². The highest BCUT2D eigenvalue weighted by Gasteiger charge is 2.48. The molecule has 0 spiro atoms. The summed E-state index contributed by atoms with van der Waals surface area (Å²) in [6.45, 7) is 6.75. The number of fused-ring (bicyclic) bond motifs is 4. The van der Waals surface area contributed by atoms with E-state index in [0.29, 0.717) is 16.7 Å². The van der Waals surface area contributed by atoms with Crippen LogP contribution >= 0.6 is 11.3 Å². The molecule has 4 aliphatic rings. The fraction of sp³-hybridized carbons (Fsp3) is 0.571. The number of benzene rings is 1.